The molecule has 1 heterocycles. The van der Waals surface area contributed by atoms with E-state index in [9.17, 15) is 0 Å². The molecule has 5 nitrogen and oxygen atoms in total. The van der Waals surface area contributed by atoms with Crippen molar-refractivity contribution in [3.63, 3.8) is 0 Å². The van der Waals surface area contributed by atoms with E-state index in [2.05, 4.69) is 15.9 Å². The second-order valence-electron chi connectivity index (χ2n) is 2.54. The van der Waals surface area contributed by atoms with Gasteiger partial charge in [-0.3, -0.25) is 10.7 Å². The topological polar surface area (TPSA) is 66.7 Å². The van der Waals surface area contributed by atoms with Gasteiger partial charge in [0.25, 0.3) is 0 Å². The van der Waals surface area contributed by atoms with Crippen molar-refractivity contribution in [3.8, 4) is 18.2 Å². The van der Waals surface area contributed by atoms with Gasteiger partial charge in [-0.05, 0) is 6.07 Å². The minimum atomic E-state index is 0.449. The van der Waals surface area contributed by atoms with Gasteiger partial charge in [0.15, 0.2) is 0 Å². The predicted octanol–water partition coefficient (Wildman–Crippen LogP) is 1.12. The van der Waals surface area contributed by atoms with Crippen LogP contribution in [-0.2, 0) is 0 Å². The fourth-order valence-electron chi connectivity index (χ4n) is 0.852. The van der Waals surface area contributed by atoms with Crippen LogP contribution in [0.15, 0.2) is 23.3 Å². The van der Waals surface area contributed by atoms with Crippen molar-refractivity contribution in [2.24, 2.45) is 4.99 Å². The minimum absolute atomic E-state index is 0.449. The summed E-state index contributed by atoms with van der Waals surface area (Å²) in [5.74, 6) is 2.97. The van der Waals surface area contributed by atoms with E-state index < -0.39 is 0 Å². The molecule has 0 spiro atoms. The summed E-state index contributed by atoms with van der Waals surface area (Å²) in [6.07, 6.45) is 8.30. The van der Waals surface area contributed by atoms with E-state index in [4.69, 9.17) is 16.4 Å². The smallest absolute Gasteiger partial charge is 0.213 e. The van der Waals surface area contributed by atoms with E-state index in [1.807, 2.05) is 0 Å². The summed E-state index contributed by atoms with van der Waals surface area (Å²) in [4.78, 5) is 7.82. The first-order valence-electron chi connectivity index (χ1n) is 4.31. The average molecular weight is 205 g/mol. The van der Waals surface area contributed by atoms with Crippen molar-refractivity contribution >= 4 is 12.0 Å². The highest BCUT2D eigenvalue weighted by molar-refractivity contribution is 5.59. The van der Waals surface area contributed by atoms with Crippen LogP contribution in [0.2, 0.25) is 0 Å². The van der Waals surface area contributed by atoms with Gasteiger partial charge in [-0.15, -0.1) is 12.3 Å². The van der Waals surface area contributed by atoms with Crippen LogP contribution in [0.25, 0.3) is 0 Å². The molecule has 0 aliphatic carbocycles. The van der Waals surface area contributed by atoms with Gasteiger partial charge >= 0.3 is 0 Å². The number of hydroxylamine groups is 1. The zero-order valence-electron chi connectivity index (χ0n) is 8.05. The third-order valence-electron chi connectivity index (χ3n) is 1.49. The van der Waals surface area contributed by atoms with Gasteiger partial charge in [0, 0.05) is 12.5 Å². The van der Waals surface area contributed by atoms with Crippen molar-refractivity contribution in [1.29, 1.82) is 0 Å². The molecule has 0 aliphatic rings. The lowest BCUT2D eigenvalue weighted by Crippen LogP contribution is -2.01. The van der Waals surface area contributed by atoms with Crippen molar-refractivity contribution in [2.75, 3.05) is 6.61 Å². The Morgan fingerprint density at radius 3 is 3.13 bits per heavy atom. The Hall–Kier alpha value is -2.06. The molecule has 0 bridgehead atoms. The van der Waals surface area contributed by atoms with E-state index in [0.29, 0.717) is 24.6 Å². The van der Waals surface area contributed by atoms with Crippen LogP contribution in [0.3, 0.4) is 0 Å². The summed E-state index contributed by atoms with van der Waals surface area (Å²) >= 11 is 0. The minimum Gasteiger partial charge on any atom is -0.477 e. The molecule has 2 N–H and O–H groups in total. The second-order valence-corrected chi connectivity index (χ2v) is 2.54. The lowest BCUT2D eigenvalue weighted by atomic mass is 10.4. The Kier molecular flexibility index (Phi) is 4.70. The number of ether oxygens (including phenoxy) is 1. The van der Waals surface area contributed by atoms with E-state index in [0.717, 1.165) is 6.34 Å². The molecule has 0 saturated heterocycles. The van der Waals surface area contributed by atoms with E-state index in [1.165, 1.54) is 6.20 Å². The first-order chi connectivity index (χ1) is 7.36. The van der Waals surface area contributed by atoms with Crippen LogP contribution < -0.4 is 10.2 Å². The zero-order valence-corrected chi connectivity index (χ0v) is 8.05. The second kappa shape index (κ2) is 6.40. The Morgan fingerprint density at radius 1 is 1.67 bits per heavy atom. The number of aliphatic imine (C=N–C) groups is 1. The number of hydrogen-bond acceptors (Lipinski definition) is 4. The molecule has 0 amide bonds. The quantitative estimate of drug-likeness (QED) is 0.248. The van der Waals surface area contributed by atoms with Crippen molar-refractivity contribution in [1.82, 2.24) is 10.5 Å². The lowest BCUT2D eigenvalue weighted by molar-refractivity contribution is 0.240. The van der Waals surface area contributed by atoms with Gasteiger partial charge in [0.05, 0.1) is 11.9 Å². The molecule has 78 valence electrons. The summed E-state index contributed by atoms with van der Waals surface area (Å²) in [5.41, 5.74) is 2.41. The number of nitrogens with zero attached hydrogens (tertiary/aromatic N) is 2. The molecule has 0 fully saturated rings. The van der Waals surface area contributed by atoms with Crippen LogP contribution in [0, 0.1) is 12.3 Å². The Bertz CT molecular complexity index is 354. The Morgan fingerprint density at radius 2 is 2.53 bits per heavy atom. The van der Waals surface area contributed by atoms with Crippen molar-refractivity contribution < 1.29 is 9.94 Å². The number of terminal acetylenes is 1. The summed E-state index contributed by atoms with van der Waals surface area (Å²) in [6.45, 7) is 0.449. The van der Waals surface area contributed by atoms with Gasteiger partial charge in [0.2, 0.25) is 5.88 Å². The highest BCUT2D eigenvalue weighted by Gasteiger charge is 1.94. The van der Waals surface area contributed by atoms with Crippen molar-refractivity contribution in [2.45, 2.75) is 6.42 Å². The van der Waals surface area contributed by atoms with Gasteiger partial charge in [-0.1, -0.05) is 0 Å². The molecule has 0 aromatic carbocycles. The third kappa shape index (κ3) is 4.11. The maximum Gasteiger partial charge on any atom is 0.213 e. The van der Waals surface area contributed by atoms with Crippen LogP contribution in [0.4, 0.5) is 5.69 Å². The largest absolute Gasteiger partial charge is 0.477 e. The molecule has 5 heteroatoms. The highest BCUT2D eigenvalue weighted by atomic mass is 16.5. The number of aromatic nitrogens is 1. The van der Waals surface area contributed by atoms with Gasteiger partial charge in [-0.25, -0.2) is 9.98 Å². The van der Waals surface area contributed by atoms with Gasteiger partial charge in [-0.2, -0.15) is 0 Å². The van der Waals surface area contributed by atoms with E-state index in [1.54, 1.807) is 17.6 Å². The van der Waals surface area contributed by atoms with Crippen LogP contribution in [0.1, 0.15) is 6.42 Å². The molecule has 1 rings (SSSR count). The predicted molar refractivity (Wildman–Crippen MR) is 56.3 cm³/mol. The molecule has 1 aromatic heterocycles. The van der Waals surface area contributed by atoms with Gasteiger partial charge < -0.3 is 4.74 Å². The molecule has 0 aliphatic heterocycles. The SMILES string of the molecule is C#CCCOc1ccc(N=CNO)cn1. The Labute approximate surface area is 87.8 Å². The van der Waals surface area contributed by atoms with Crippen LogP contribution in [-0.4, -0.2) is 23.1 Å². The van der Waals surface area contributed by atoms with E-state index >= 15 is 0 Å². The molecular weight excluding hydrogens is 194 g/mol. The summed E-state index contributed by atoms with van der Waals surface area (Å²) < 4.78 is 5.24. The molecule has 1 aromatic rings. The molecule has 0 atom stereocenters. The summed E-state index contributed by atoms with van der Waals surface area (Å²) in [5, 5.41) is 8.26. The summed E-state index contributed by atoms with van der Waals surface area (Å²) in [7, 11) is 0. The fraction of sp³-hybridized carbons (Fsp3) is 0.200. The summed E-state index contributed by atoms with van der Waals surface area (Å²) in [6, 6.07) is 3.40. The number of nitrogens with one attached hydrogen (secondary N) is 1. The molecule has 0 saturated carbocycles. The number of pyridine rings is 1. The molecule has 0 unspecified atom stereocenters. The van der Waals surface area contributed by atoms with E-state index in [-0.39, 0.29) is 0 Å². The van der Waals surface area contributed by atoms with Crippen LogP contribution in [0.5, 0.6) is 5.88 Å². The first kappa shape index (κ1) is 11.0. The molecule has 0 radical (unpaired) electrons. The highest BCUT2D eigenvalue weighted by Crippen LogP contribution is 2.13. The van der Waals surface area contributed by atoms with Gasteiger partial charge in [0.1, 0.15) is 12.9 Å². The number of rotatable bonds is 5. The standard InChI is InChI=1S/C10H11N3O2/c1-2-3-6-15-10-5-4-9(7-11-10)12-8-13-14/h1,4-5,7-8,14H,3,6H2,(H,12,13). The Balaban J connectivity index is 2.49. The van der Waals surface area contributed by atoms with Crippen LogP contribution >= 0.6 is 0 Å². The third-order valence-corrected chi connectivity index (χ3v) is 1.49. The van der Waals surface area contributed by atoms with Crippen molar-refractivity contribution in [3.05, 3.63) is 18.3 Å². The normalized spacial score (nSPS) is 9.87. The maximum atomic E-state index is 8.26. The molecular formula is C10H11N3O2. The lowest BCUT2D eigenvalue weighted by Gasteiger charge is -2.01. The monoisotopic (exact) mass is 205 g/mol. The fourth-order valence-corrected chi connectivity index (χ4v) is 0.852. The maximum absolute atomic E-state index is 8.26. The number of hydrogen-bond donors (Lipinski definition) is 2. The first-order valence-corrected chi connectivity index (χ1v) is 4.31. The molecule has 15 heavy (non-hydrogen) atoms. The average Bonchev–Trinajstić information content (AvgIpc) is 2.28. The zero-order chi connectivity index (χ0) is 10.9.